The summed E-state index contributed by atoms with van der Waals surface area (Å²) in [6.07, 6.45) is 0.342. The third kappa shape index (κ3) is 3.38. The summed E-state index contributed by atoms with van der Waals surface area (Å²) in [7, 11) is 0. The van der Waals surface area contributed by atoms with E-state index in [1.54, 1.807) is 0 Å². The fourth-order valence-electron chi connectivity index (χ4n) is 1.30. The van der Waals surface area contributed by atoms with Crippen molar-refractivity contribution < 1.29 is 14.7 Å². The highest BCUT2D eigenvalue weighted by molar-refractivity contribution is 7.10. The minimum atomic E-state index is -1.05. The van der Waals surface area contributed by atoms with E-state index in [4.69, 9.17) is 5.11 Å². The number of aromatic nitrogens is 1. The quantitative estimate of drug-likeness (QED) is 0.876. The van der Waals surface area contributed by atoms with Gasteiger partial charge in [-0.25, -0.2) is 9.78 Å². The maximum atomic E-state index is 11.6. The third-order valence-electron chi connectivity index (χ3n) is 2.12. The van der Waals surface area contributed by atoms with Crippen LogP contribution in [0.15, 0.2) is 22.9 Å². The van der Waals surface area contributed by atoms with Gasteiger partial charge in [0, 0.05) is 10.3 Å². The number of thiophene rings is 1. The molecule has 0 unspecified atom stereocenters. The Bertz CT molecular complexity index is 548. The zero-order valence-corrected chi connectivity index (χ0v) is 10.9. The van der Waals surface area contributed by atoms with Gasteiger partial charge in [-0.15, -0.1) is 22.7 Å². The minimum Gasteiger partial charge on any atom is -0.476 e. The van der Waals surface area contributed by atoms with Crippen molar-refractivity contribution >= 4 is 34.6 Å². The highest BCUT2D eigenvalue weighted by Crippen LogP contribution is 2.11. The number of carbonyl (C=O) groups excluding carboxylic acids is 1. The average molecular weight is 282 g/mol. The van der Waals surface area contributed by atoms with Crippen LogP contribution in [-0.4, -0.2) is 22.0 Å². The average Bonchev–Trinajstić information content (AvgIpc) is 2.96. The molecule has 0 saturated heterocycles. The molecular weight excluding hydrogens is 272 g/mol. The van der Waals surface area contributed by atoms with Crippen molar-refractivity contribution in [2.45, 2.75) is 13.0 Å². The Morgan fingerprint density at radius 2 is 2.22 bits per heavy atom. The molecular formula is C11H10N2O3S2. The van der Waals surface area contributed by atoms with E-state index in [1.807, 2.05) is 17.5 Å². The van der Waals surface area contributed by atoms with E-state index in [2.05, 4.69) is 10.3 Å². The number of carbonyl (C=O) groups is 2. The molecule has 2 aromatic rings. The van der Waals surface area contributed by atoms with Crippen LogP contribution in [0.5, 0.6) is 0 Å². The van der Waals surface area contributed by atoms with E-state index in [-0.39, 0.29) is 18.1 Å². The lowest BCUT2D eigenvalue weighted by atomic mass is 10.3. The Hall–Kier alpha value is -1.73. The largest absolute Gasteiger partial charge is 0.476 e. The number of nitrogens with one attached hydrogen (secondary N) is 1. The van der Waals surface area contributed by atoms with Crippen molar-refractivity contribution in [2.24, 2.45) is 0 Å². The molecule has 0 radical (unpaired) electrons. The van der Waals surface area contributed by atoms with Crippen LogP contribution in [0.4, 0.5) is 0 Å². The normalized spacial score (nSPS) is 10.2. The van der Waals surface area contributed by atoms with Gasteiger partial charge in [-0.05, 0) is 11.4 Å². The number of hydrogen-bond donors (Lipinski definition) is 2. The molecule has 18 heavy (non-hydrogen) atoms. The smallest absolute Gasteiger partial charge is 0.355 e. The molecule has 2 N–H and O–H groups in total. The zero-order valence-electron chi connectivity index (χ0n) is 9.25. The van der Waals surface area contributed by atoms with E-state index in [9.17, 15) is 9.59 Å². The number of hydrogen-bond acceptors (Lipinski definition) is 5. The van der Waals surface area contributed by atoms with Crippen LogP contribution < -0.4 is 5.32 Å². The minimum absolute atomic E-state index is 0.0162. The predicted octanol–water partition coefficient (Wildman–Crippen LogP) is 1.76. The zero-order chi connectivity index (χ0) is 13.0. The van der Waals surface area contributed by atoms with Crippen molar-refractivity contribution in [1.29, 1.82) is 0 Å². The predicted molar refractivity (Wildman–Crippen MR) is 68.9 cm³/mol. The topological polar surface area (TPSA) is 79.3 Å². The number of aromatic carboxylic acids is 1. The second-order valence-corrected chi connectivity index (χ2v) is 5.44. The van der Waals surface area contributed by atoms with Crippen molar-refractivity contribution in [1.82, 2.24) is 10.3 Å². The van der Waals surface area contributed by atoms with Gasteiger partial charge in [-0.3, -0.25) is 4.79 Å². The van der Waals surface area contributed by atoms with Gasteiger partial charge in [-0.2, -0.15) is 0 Å². The van der Waals surface area contributed by atoms with Gasteiger partial charge in [0.05, 0.1) is 13.0 Å². The third-order valence-corrected chi connectivity index (χ3v) is 3.85. The van der Waals surface area contributed by atoms with Crippen molar-refractivity contribution in [3.8, 4) is 0 Å². The number of carboxylic acids is 1. The fraction of sp³-hybridized carbons (Fsp3) is 0.182. The molecule has 94 valence electrons. The number of amides is 1. The lowest BCUT2D eigenvalue weighted by Gasteiger charge is -2.01. The lowest BCUT2D eigenvalue weighted by Crippen LogP contribution is -2.24. The summed E-state index contributed by atoms with van der Waals surface area (Å²) in [4.78, 5) is 27.1. The van der Waals surface area contributed by atoms with E-state index in [0.29, 0.717) is 11.4 Å². The van der Waals surface area contributed by atoms with Crippen LogP contribution in [0.25, 0.3) is 0 Å². The molecule has 2 heterocycles. The van der Waals surface area contributed by atoms with Crippen LogP contribution in [0, 0.1) is 0 Å². The molecule has 0 spiro atoms. The number of nitrogens with zero attached hydrogens (tertiary/aromatic N) is 1. The highest BCUT2D eigenvalue weighted by atomic mass is 32.1. The maximum absolute atomic E-state index is 11.6. The fourth-order valence-corrected chi connectivity index (χ4v) is 2.71. The summed E-state index contributed by atoms with van der Waals surface area (Å²) < 4.78 is 0. The van der Waals surface area contributed by atoms with E-state index in [0.717, 1.165) is 4.88 Å². The first-order valence-corrected chi connectivity index (χ1v) is 6.88. The summed E-state index contributed by atoms with van der Waals surface area (Å²) in [5, 5.41) is 15.4. The molecule has 0 aliphatic rings. The van der Waals surface area contributed by atoms with Crippen molar-refractivity contribution in [3.05, 3.63) is 38.5 Å². The van der Waals surface area contributed by atoms with Crippen molar-refractivity contribution in [2.75, 3.05) is 0 Å². The SMILES string of the molecule is O=C(Cc1cccs1)NCc1nc(C(=O)O)cs1. The molecule has 0 saturated carbocycles. The van der Waals surface area contributed by atoms with Crippen LogP contribution in [0.1, 0.15) is 20.4 Å². The monoisotopic (exact) mass is 282 g/mol. The first kappa shape index (κ1) is 12.7. The Kier molecular flexibility index (Phi) is 4.06. The Balaban J connectivity index is 1.83. The van der Waals surface area contributed by atoms with Crippen LogP contribution in [0.2, 0.25) is 0 Å². The summed E-state index contributed by atoms with van der Waals surface area (Å²) in [5.74, 6) is -1.15. The van der Waals surface area contributed by atoms with Gasteiger partial charge in [0.15, 0.2) is 5.69 Å². The Labute approximate surface area is 111 Å². The van der Waals surface area contributed by atoms with Crippen LogP contribution in [0.3, 0.4) is 0 Å². The molecule has 0 fully saturated rings. The molecule has 5 nitrogen and oxygen atoms in total. The second kappa shape index (κ2) is 5.74. The summed E-state index contributed by atoms with van der Waals surface area (Å²) >= 11 is 2.75. The first-order chi connectivity index (χ1) is 8.65. The molecule has 2 rings (SSSR count). The van der Waals surface area contributed by atoms with Gasteiger partial charge < -0.3 is 10.4 Å². The second-order valence-electron chi connectivity index (χ2n) is 3.46. The van der Waals surface area contributed by atoms with Gasteiger partial charge in [0.1, 0.15) is 5.01 Å². The maximum Gasteiger partial charge on any atom is 0.355 e. The molecule has 0 aliphatic heterocycles. The number of rotatable bonds is 5. The number of carboxylic acid groups (broad SMARTS) is 1. The molecule has 0 aliphatic carbocycles. The van der Waals surface area contributed by atoms with E-state index >= 15 is 0 Å². The molecule has 0 atom stereocenters. The molecule has 0 aromatic carbocycles. The van der Waals surface area contributed by atoms with Crippen LogP contribution in [-0.2, 0) is 17.8 Å². The summed E-state index contributed by atoms with van der Waals surface area (Å²) in [5.41, 5.74) is 0.0162. The summed E-state index contributed by atoms with van der Waals surface area (Å²) in [6, 6.07) is 3.80. The lowest BCUT2D eigenvalue weighted by molar-refractivity contribution is -0.120. The van der Waals surface area contributed by atoms with Gasteiger partial charge in [-0.1, -0.05) is 6.07 Å². The summed E-state index contributed by atoms with van der Waals surface area (Å²) in [6.45, 7) is 0.266. The standard InChI is InChI=1S/C11H10N2O3S2/c14-9(4-7-2-1-3-17-7)12-5-10-13-8(6-18-10)11(15)16/h1-3,6H,4-5H2,(H,12,14)(H,15,16). The van der Waals surface area contributed by atoms with E-state index in [1.165, 1.54) is 28.1 Å². The Morgan fingerprint density at radius 3 is 2.83 bits per heavy atom. The molecule has 1 amide bonds. The highest BCUT2D eigenvalue weighted by Gasteiger charge is 2.09. The first-order valence-electron chi connectivity index (χ1n) is 5.12. The van der Waals surface area contributed by atoms with Crippen molar-refractivity contribution in [3.63, 3.8) is 0 Å². The molecule has 7 heteroatoms. The van der Waals surface area contributed by atoms with Gasteiger partial charge in [0.25, 0.3) is 0 Å². The Morgan fingerprint density at radius 1 is 1.39 bits per heavy atom. The molecule has 0 bridgehead atoms. The van der Waals surface area contributed by atoms with E-state index < -0.39 is 5.97 Å². The van der Waals surface area contributed by atoms with Crippen LogP contribution >= 0.6 is 22.7 Å². The molecule has 2 aromatic heterocycles. The number of thiazole rings is 1. The van der Waals surface area contributed by atoms with Gasteiger partial charge in [0.2, 0.25) is 5.91 Å². The van der Waals surface area contributed by atoms with Gasteiger partial charge >= 0.3 is 5.97 Å².